The molecule has 1 aromatic heterocycles. The predicted octanol–water partition coefficient (Wildman–Crippen LogP) is 10.5. The van der Waals surface area contributed by atoms with Gasteiger partial charge in [0.15, 0.2) is 5.78 Å². The standard InChI is InChI=1S/C49H54N2O5S/c1-34-9-7-27-48(2)45(25-28-49(48,55)33-51(29-26-42-12-8-30-57-42)47(54)50-39-19-22-41(56-3)23-20-39)43-24-14-35(31-40(52)21-13-34)32-44(43)46(53)38-17-15-37(16-18-38)36-10-5-4-6-11-36/h4-6,8-12,14-20,22-24,30,32,40,45,52,55H,7,13,21,25-29,31,33H2,1-3H3,(H,50,54)/t40-,45-,48-,49+/m0/s1. The van der Waals surface area contributed by atoms with E-state index < -0.39 is 17.1 Å². The first-order valence-corrected chi connectivity index (χ1v) is 21.0. The molecule has 0 unspecified atom stereocenters. The highest BCUT2D eigenvalue weighted by atomic mass is 32.1. The summed E-state index contributed by atoms with van der Waals surface area (Å²) in [7, 11) is 1.61. The first-order chi connectivity index (χ1) is 27.5. The van der Waals surface area contributed by atoms with Crippen LogP contribution in [0.15, 0.2) is 126 Å². The molecule has 0 radical (unpaired) electrons. The number of carbonyl (C=O) groups is 2. The molecule has 57 heavy (non-hydrogen) atoms. The molecule has 0 aliphatic heterocycles. The van der Waals surface area contributed by atoms with E-state index in [-0.39, 0.29) is 24.3 Å². The Labute approximate surface area is 341 Å². The van der Waals surface area contributed by atoms with Gasteiger partial charge >= 0.3 is 6.03 Å². The number of nitrogens with zero attached hydrogens (tertiary/aromatic N) is 1. The van der Waals surface area contributed by atoms with E-state index in [9.17, 15) is 19.8 Å². The Bertz CT molecular complexity index is 2170. The van der Waals surface area contributed by atoms with Gasteiger partial charge in [-0.25, -0.2) is 4.79 Å². The Balaban J connectivity index is 1.25. The Kier molecular flexibility index (Phi) is 12.4. The first kappa shape index (κ1) is 40.2. The lowest BCUT2D eigenvalue weighted by Gasteiger charge is -2.46. The summed E-state index contributed by atoms with van der Waals surface area (Å²) in [6, 6.07) is 35.1. The van der Waals surface area contributed by atoms with Crippen molar-refractivity contribution in [3.8, 4) is 16.9 Å². The van der Waals surface area contributed by atoms with Crippen LogP contribution in [-0.2, 0) is 12.8 Å². The van der Waals surface area contributed by atoms with Gasteiger partial charge in [0.05, 0.1) is 25.4 Å². The molecule has 1 fully saturated rings. The van der Waals surface area contributed by atoms with Gasteiger partial charge in [-0.05, 0) is 128 Å². The molecule has 296 valence electrons. The van der Waals surface area contributed by atoms with Gasteiger partial charge in [-0.1, -0.05) is 91.4 Å². The molecule has 3 aliphatic carbocycles. The maximum atomic E-state index is 14.7. The summed E-state index contributed by atoms with van der Waals surface area (Å²) < 4.78 is 5.33. The molecule has 4 atom stereocenters. The Morgan fingerprint density at radius 1 is 0.912 bits per heavy atom. The quantitative estimate of drug-likeness (QED) is 0.0968. The third-order valence-electron chi connectivity index (χ3n) is 12.5. The maximum Gasteiger partial charge on any atom is 0.321 e. The van der Waals surface area contributed by atoms with E-state index in [0.29, 0.717) is 67.6 Å². The summed E-state index contributed by atoms with van der Waals surface area (Å²) in [4.78, 5) is 31.8. The number of ketones is 1. The number of fused-ring (bicyclic) bond motifs is 8. The number of hydrogen-bond acceptors (Lipinski definition) is 6. The largest absolute Gasteiger partial charge is 0.497 e. The number of rotatable bonds is 10. The van der Waals surface area contributed by atoms with Gasteiger partial charge in [0.25, 0.3) is 0 Å². The summed E-state index contributed by atoms with van der Waals surface area (Å²) in [5.74, 6) is 0.466. The fraction of sp³-hybridized carbons (Fsp3) is 0.347. The molecular formula is C49H54N2O5S. The van der Waals surface area contributed by atoms with Crippen molar-refractivity contribution in [3.05, 3.63) is 153 Å². The summed E-state index contributed by atoms with van der Waals surface area (Å²) in [5.41, 5.74) is 5.08. The molecule has 4 aromatic carbocycles. The topological polar surface area (TPSA) is 99.1 Å². The van der Waals surface area contributed by atoms with Crippen LogP contribution in [-0.4, -0.2) is 58.8 Å². The van der Waals surface area contributed by atoms with Crippen molar-refractivity contribution in [1.29, 1.82) is 0 Å². The third kappa shape index (κ3) is 9.09. The van der Waals surface area contributed by atoms with Crippen molar-refractivity contribution in [3.63, 3.8) is 0 Å². The number of thiophene rings is 1. The lowest BCUT2D eigenvalue weighted by molar-refractivity contribution is -0.0762. The summed E-state index contributed by atoms with van der Waals surface area (Å²) >= 11 is 1.66. The average molecular weight is 783 g/mol. The minimum absolute atomic E-state index is 0.0713. The van der Waals surface area contributed by atoms with Crippen molar-refractivity contribution >= 4 is 28.8 Å². The average Bonchev–Trinajstić information content (AvgIpc) is 3.84. The molecule has 0 spiro atoms. The van der Waals surface area contributed by atoms with Crippen molar-refractivity contribution in [1.82, 2.24) is 4.90 Å². The molecule has 3 aliphatic rings. The van der Waals surface area contributed by atoms with Crippen LogP contribution in [0.2, 0.25) is 0 Å². The number of hydrogen-bond donors (Lipinski definition) is 3. The number of anilines is 1. The van der Waals surface area contributed by atoms with Crippen LogP contribution in [0.25, 0.3) is 11.1 Å². The van der Waals surface area contributed by atoms with E-state index in [1.165, 1.54) is 10.5 Å². The molecular weight excluding hydrogens is 729 g/mol. The molecule has 7 nitrogen and oxygen atoms in total. The van der Waals surface area contributed by atoms with Crippen molar-refractivity contribution in [2.24, 2.45) is 5.41 Å². The smallest absolute Gasteiger partial charge is 0.321 e. The number of methoxy groups -OCH3 is 1. The number of benzene rings is 4. The molecule has 2 bridgehead atoms. The van der Waals surface area contributed by atoms with E-state index in [1.807, 2.05) is 84.2 Å². The minimum Gasteiger partial charge on any atom is -0.497 e. The number of aliphatic hydroxyl groups is 2. The van der Waals surface area contributed by atoms with Gasteiger partial charge < -0.3 is 25.2 Å². The van der Waals surface area contributed by atoms with Gasteiger partial charge in [-0.15, -0.1) is 11.3 Å². The molecule has 1 saturated carbocycles. The fourth-order valence-corrected chi connectivity index (χ4v) is 9.64. The van der Waals surface area contributed by atoms with Gasteiger partial charge in [-0.3, -0.25) is 4.79 Å². The molecule has 2 amide bonds. The van der Waals surface area contributed by atoms with Gasteiger partial charge in [0, 0.05) is 33.7 Å². The highest BCUT2D eigenvalue weighted by Gasteiger charge is 2.57. The zero-order valence-corrected chi connectivity index (χ0v) is 34.1. The van der Waals surface area contributed by atoms with E-state index >= 15 is 0 Å². The molecule has 8 heteroatoms. The number of allylic oxidation sites excluding steroid dienone is 2. The SMILES string of the molecule is COc1ccc(NC(=O)N(CCc2cccs2)C[C@]2(O)CC[C@H]3c4ccc(cc4C(=O)c4ccc(-c5ccccc5)cc4)C[C@@H](O)CCC(C)=CCC[C@@]32C)cc1. The highest BCUT2D eigenvalue weighted by molar-refractivity contribution is 7.09. The normalized spacial score (nSPS) is 22.2. The van der Waals surface area contributed by atoms with Crippen LogP contribution in [0.4, 0.5) is 10.5 Å². The second kappa shape index (κ2) is 17.6. The lowest BCUT2D eigenvalue weighted by Crippen LogP contribution is -2.54. The number of ether oxygens (including phenoxy) is 1. The zero-order valence-electron chi connectivity index (χ0n) is 33.2. The monoisotopic (exact) mass is 782 g/mol. The second-order valence-electron chi connectivity index (χ2n) is 16.1. The minimum atomic E-state index is -1.25. The summed E-state index contributed by atoms with van der Waals surface area (Å²) in [6.45, 7) is 4.86. The van der Waals surface area contributed by atoms with Gasteiger partial charge in [0.2, 0.25) is 0 Å². The molecule has 0 saturated heterocycles. The Hall–Kier alpha value is -5.02. The van der Waals surface area contributed by atoms with Crippen LogP contribution in [0.5, 0.6) is 5.75 Å². The van der Waals surface area contributed by atoms with Gasteiger partial charge in [-0.2, -0.15) is 0 Å². The van der Waals surface area contributed by atoms with Crippen LogP contribution in [0.3, 0.4) is 0 Å². The van der Waals surface area contributed by atoms with Crippen LogP contribution >= 0.6 is 11.3 Å². The number of nitrogens with one attached hydrogen (secondary N) is 1. The van der Waals surface area contributed by atoms with Gasteiger partial charge in [0.1, 0.15) is 5.75 Å². The van der Waals surface area contributed by atoms with Crippen molar-refractivity contribution in [2.75, 3.05) is 25.5 Å². The lowest BCUT2D eigenvalue weighted by atomic mass is 9.64. The predicted molar refractivity (Wildman–Crippen MR) is 230 cm³/mol. The highest BCUT2D eigenvalue weighted by Crippen LogP contribution is 2.59. The molecule has 5 aromatic rings. The Morgan fingerprint density at radius 2 is 1.67 bits per heavy atom. The van der Waals surface area contributed by atoms with Crippen molar-refractivity contribution in [2.45, 2.75) is 82.8 Å². The number of carbonyl (C=O) groups excluding carboxylic acids is 2. The summed E-state index contributed by atoms with van der Waals surface area (Å²) in [5, 5.41) is 29.3. The van der Waals surface area contributed by atoms with E-state index in [1.54, 1.807) is 23.3 Å². The third-order valence-corrected chi connectivity index (χ3v) is 13.4. The van der Waals surface area contributed by atoms with Crippen LogP contribution in [0.1, 0.15) is 90.2 Å². The molecule has 8 rings (SSSR count). The van der Waals surface area contributed by atoms with E-state index in [2.05, 4.69) is 55.6 Å². The molecule has 1 heterocycles. The van der Waals surface area contributed by atoms with Crippen LogP contribution in [0, 0.1) is 5.41 Å². The zero-order chi connectivity index (χ0) is 40.0. The number of aliphatic hydroxyl groups excluding tert-OH is 1. The fourth-order valence-electron chi connectivity index (χ4n) is 8.94. The first-order valence-electron chi connectivity index (χ1n) is 20.2. The number of urea groups is 1. The molecule has 3 N–H and O–H groups in total. The second-order valence-corrected chi connectivity index (χ2v) is 17.2. The van der Waals surface area contributed by atoms with Crippen molar-refractivity contribution < 1.29 is 24.5 Å². The summed E-state index contributed by atoms with van der Waals surface area (Å²) in [6.07, 6.45) is 6.75. The van der Waals surface area contributed by atoms with E-state index in [4.69, 9.17) is 4.74 Å². The van der Waals surface area contributed by atoms with Crippen LogP contribution < -0.4 is 10.1 Å². The number of amides is 2. The van der Waals surface area contributed by atoms with E-state index in [0.717, 1.165) is 35.1 Å². The maximum absolute atomic E-state index is 14.7. The Morgan fingerprint density at radius 3 is 2.39 bits per heavy atom.